The number of benzene rings is 2. The Balaban J connectivity index is 0.000000323. The van der Waals surface area contributed by atoms with Gasteiger partial charge in [-0.2, -0.15) is 0 Å². The van der Waals surface area contributed by atoms with Crippen molar-refractivity contribution in [2.24, 2.45) is 16.7 Å². The van der Waals surface area contributed by atoms with Crippen molar-refractivity contribution in [1.29, 1.82) is 0 Å². The first kappa shape index (κ1) is 41.3. The maximum atomic E-state index is 12.2. The van der Waals surface area contributed by atoms with E-state index in [1.807, 2.05) is 41.5 Å². The molecule has 4 nitrogen and oxygen atoms in total. The van der Waals surface area contributed by atoms with E-state index in [9.17, 15) is 9.90 Å². The second-order valence-corrected chi connectivity index (χ2v) is 16.0. The molecule has 5 rings (SSSR count). The summed E-state index contributed by atoms with van der Waals surface area (Å²) in [6.07, 6.45) is 12.0. The monoisotopic (exact) mass is 852 g/mol. The van der Waals surface area contributed by atoms with Crippen molar-refractivity contribution in [3.63, 3.8) is 0 Å². The van der Waals surface area contributed by atoms with E-state index in [4.69, 9.17) is 9.97 Å². The number of aromatic nitrogens is 2. The predicted molar refractivity (Wildman–Crippen MR) is 207 cm³/mol. The van der Waals surface area contributed by atoms with Crippen LogP contribution >= 0.6 is 0 Å². The van der Waals surface area contributed by atoms with Gasteiger partial charge in [0.05, 0.1) is 0 Å². The number of rotatable bonds is 10. The van der Waals surface area contributed by atoms with Crippen LogP contribution in [0.4, 0.5) is 0 Å². The molecular weight excluding hydrogens is 793 g/mol. The van der Waals surface area contributed by atoms with Crippen LogP contribution in [-0.4, -0.2) is 20.9 Å². The number of aliphatic hydroxyl groups excluding tert-OH is 1. The first-order valence-corrected chi connectivity index (χ1v) is 18.5. The van der Waals surface area contributed by atoms with Crippen LogP contribution in [0.3, 0.4) is 0 Å². The molecule has 4 aromatic rings. The molecule has 0 amide bonds. The van der Waals surface area contributed by atoms with Crippen LogP contribution in [0.2, 0.25) is 0 Å². The van der Waals surface area contributed by atoms with Crippen molar-refractivity contribution in [2.75, 3.05) is 0 Å². The van der Waals surface area contributed by atoms with Crippen molar-refractivity contribution in [1.82, 2.24) is 9.97 Å². The van der Waals surface area contributed by atoms with Crippen LogP contribution in [0.5, 0.6) is 0 Å². The second kappa shape index (κ2) is 16.9. The summed E-state index contributed by atoms with van der Waals surface area (Å²) in [5, 5.41) is 12.6. The minimum atomic E-state index is -0.337. The maximum Gasteiger partial charge on any atom is 0.164 e. The molecule has 271 valence electrons. The van der Waals surface area contributed by atoms with Crippen LogP contribution in [0.1, 0.15) is 124 Å². The summed E-state index contributed by atoms with van der Waals surface area (Å²) in [5.74, 6) is 0.904. The number of hydrogen-bond donors (Lipinski definition) is 1. The number of pyridine rings is 2. The molecule has 0 aliphatic heterocycles. The second-order valence-electron chi connectivity index (χ2n) is 16.0. The van der Waals surface area contributed by atoms with Gasteiger partial charge in [-0.15, -0.1) is 29.1 Å². The molecule has 0 spiro atoms. The number of nitrogens with zero attached hydrogens (tertiary/aromatic N) is 2. The third-order valence-electron chi connectivity index (χ3n) is 11.1. The van der Waals surface area contributed by atoms with Gasteiger partial charge in [-0.05, 0) is 79.0 Å². The van der Waals surface area contributed by atoms with E-state index < -0.39 is 0 Å². The zero-order valence-corrected chi connectivity index (χ0v) is 34.8. The average Bonchev–Trinajstić information content (AvgIpc) is 3.09. The van der Waals surface area contributed by atoms with E-state index >= 15 is 0 Å². The van der Waals surface area contributed by atoms with Crippen molar-refractivity contribution in [2.45, 2.75) is 127 Å². The Morgan fingerprint density at radius 1 is 0.840 bits per heavy atom. The Morgan fingerprint density at radius 2 is 1.46 bits per heavy atom. The van der Waals surface area contributed by atoms with Crippen molar-refractivity contribution >= 4 is 16.6 Å². The van der Waals surface area contributed by atoms with Gasteiger partial charge in [0.2, 0.25) is 0 Å². The van der Waals surface area contributed by atoms with Gasteiger partial charge in [0.15, 0.2) is 5.78 Å². The average molecular weight is 852 g/mol. The minimum Gasteiger partial charge on any atom is -0.512 e. The first-order valence-electron chi connectivity index (χ1n) is 18.5. The molecular formula is C45H59IrN2O2-. The molecule has 2 aromatic carbocycles. The summed E-state index contributed by atoms with van der Waals surface area (Å²) in [6.45, 7) is 23.4. The molecule has 0 unspecified atom stereocenters. The molecule has 0 saturated carbocycles. The fraction of sp³-hybridized carbons (Fsp3) is 0.489. The molecule has 2 aromatic heterocycles. The SMILES string of the molecule is CC(C)Cc1cc2c(cn1)-c1cc(-c3[c-]c4ccccc4c(C(C)(C)C)c3)ncc1CC2.CCC(C)(CC)C(=O)/C=C(\O)C(C)(CC)CC.[Ir]. The Kier molecular flexibility index (Phi) is 14.0. The van der Waals surface area contributed by atoms with Crippen LogP contribution in [-0.2, 0) is 49.6 Å². The van der Waals surface area contributed by atoms with Gasteiger partial charge in [-0.1, -0.05) is 111 Å². The van der Waals surface area contributed by atoms with E-state index in [1.165, 1.54) is 45.0 Å². The summed E-state index contributed by atoms with van der Waals surface area (Å²) < 4.78 is 0. The van der Waals surface area contributed by atoms with E-state index in [0.29, 0.717) is 5.92 Å². The Morgan fingerprint density at radius 3 is 2.06 bits per heavy atom. The number of carbonyl (C=O) groups excluding carboxylic acids is 1. The molecule has 5 heteroatoms. The summed E-state index contributed by atoms with van der Waals surface area (Å²) in [4.78, 5) is 21.8. The van der Waals surface area contributed by atoms with Crippen LogP contribution in [0.25, 0.3) is 33.2 Å². The van der Waals surface area contributed by atoms with Crippen molar-refractivity contribution in [3.05, 3.63) is 95.1 Å². The number of aliphatic hydroxyl groups is 1. The molecule has 1 aliphatic carbocycles. The third-order valence-corrected chi connectivity index (χ3v) is 11.1. The minimum absolute atomic E-state index is 0. The fourth-order valence-electron chi connectivity index (χ4n) is 6.55. The molecule has 50 heavy (non-hydrogen) atoms. The first-order chi connectivity index (χ1) is 23.1. The Labute approximate surface area is 316 Å². The van der Waals surface area contributed by atoms with Gasteiger partial charge in [-0.3, -0.25) is 14.8 Å². The van der Waals surface area contributed by atoms with Gasteiger partial charge < -0.3 is 5.11 Å². The van der Waals surface area contributed by atoms with E-state index in [1.54, 1.807) is 0 Å². The van der Waals surface area contributed by atoms with Crippen LogP contribution in [0.15, 0.2) is 66.7 Å². The van der Waals surface area contributed by atoms with Gasteiger partial charge in [-0.25, -0.2) is 0 Å². The van der Waals surface area contributed by atoms with Gasteiger partial charge in [0.25, 0.3) is 0 Å². The number of aryl methyl sites for hydroxylation is 2. The number of carbonyl (C=O) groups is 1. The molecule has 1 radical (unpaired) electrons. The number of fused-ring (bicyclic) bond motifs is 4. The molecule has 1 aliphatic rings. The standard InChI is InChI=1S/C30H31N2.C15H28O2.Ir/c1-19(2)12-24-14-21-10-11-22-17-32-29(16-26(22)27(21)18-31-24)23-13-20-8-6-7-9-25(20)28(15-23)30(3,4)5;1-7-14(5,8-2)12(16)11-13(17)15(6,9-3)10-4;/h6-9,14-19H,10-12H2,1-5H3;11,16H,7-10H2,1-6H3;/q-1;;/b;12-11-;. The van der Waals surface area contributed by atoms with Gasteiger partial charge in [0, 0.05) is 66.4 Å². The summed E-state index contributed by atoms with van der Waals surface area (Å²) in [6, 6.07) is 19.0. The molecule has 1 N–H and O–H groups in total. The summed E-state index contributed by atoms with van der Waals surface area (Å²) >= 11 is 0. The summed E-state index contributed by atoms with van der Waals surface area (Å²) in [7, 11) is 0. The molecule has 2 heterocycles. The smallest absolute Gasteiger partial charge is 0.164 e. The third kappa shape index (κ3) is 9.20. The Hall–Kier alpha value is -3.14. The molecule has 0 atom stereocenters. The molecule has 0 bridgehead atoms. The molecule has 0 saturated heterocycles. The zero-order chi connectivity index (χ0) is 36.1. The number of hydrogen-bond acceptors (Lipinski definition) is 4. The Bertz CT molecular complexity index is 1810. The van der Waals surface area contributed by atoms with Crippen molar-refractivity contribution in [3.8, 4) is 22.4 Å². The van der Waals surface area contributed by atoms with Gasteiger partial charge >= 0.3 is 0 Å². The quantitative estimate of drug-likeness (QED) is 0.0981. The van der Waals surface area contributed by atoms with E-state index in [2.05, 4.69) is 95.5 Å². The van der Waals surface area contributed by atoms with Crippen LogP contribution in [0, 0.1) is 22.8 Å². The topological polar surface area (TPSA) is 63.1 Å². The number of allylic oxidation sites excluding steroid dienone is 2. The number of ketones is 1. The fourth-order valence-corrected chi connectivity index (χ4v) is 6.55. The largest absolute Gasteiger partial charge is 0.512 e. The van der Waals surface area contributed by atoms with Crippen LogP contribution < -0.4 is 0 Å². The van der Waals surface area contributed by atoms with E-state index in [0.717, 1.165) is 61.6 Å². The molecule has 0 fully saturated rings. The van der Waals surface area contributed by atoms with E-state index in [-0.39, 0.29) is 47.9 Å². The summed E-state index contributed by atoms with van der Waals surface area (Å²) in [5.41, 5.74) is 9.30. The maximum absolute atomic E-state index is 12.2. The zero-order valence-electron chi connectivity index (χ0n) is 32.4. The predicted octanol–water partition coefficient (Wildman–Crippen LogP) is 12.0. The van der Waals surface area contributed by atoms with Crippen molar-refractivity contribution < 1.29 is 30.0 Å². The normalized spacial score (nSPS) is 13.2. The van der Waals surface area contributed by atoms with Gasteiger partial charge in [0.1, 0.15) is 5.76 Å².